The van der Waals surface area contributed by atoms with Crippen LogP contribution in [0.25, 0.3) is 0 Å². The fourth-order valence-electron chi connectivity index (χ4n) is 3.01. The van der Waals surface area contributed by atoms with Crippen molar-refractivity contribution < 1.29 is 9.84 Å². The number of likely N-dealkylation sites (tertiary alicyclic amines) is 1. The molecular formula is C17H25NO2. The third-order valence-corrected chi connectivity index (χ3v) is 4.59. The highest BCUT2D eigenvalue weighted by Gasteiger charge is 2.36. The van der Waals surface area contributed by atoms with Crippen LogP contribution in [-0.4, -0.2) is 34.7 Å². The van der Waals surface area contributed by atoms with Crippen LogP contribution < -0.4 is 4.74 Å². The Bertz CT molecular complexity index is 462. The predicted molar refractivity (Wildman–Crippen MR) is 79.9 cm³/mol. The zero-order chi connectivity index (χ0) is 14.2. The first kappa shape index (κ1) is 13.9. The van der Waals surface area contributed by atoms with Gasteiger partial charge in [-0.2, -0.15) is 0 Å². The van der Waals surface area contributed by atoms with E-state index in [0.717, 1.165) is 37.2 Å². The minimum absolute atomic E-state index is 0.227. The van der Waals surface area contributed by atoms with E-state index in [9.17, 15) is 5.11 Å². The van der Waals surface area contributed by atoms with Gasteiger partial charge in [0.05, 0.1) is 12.2 Å². The molecule has 1 aromatic rings. The summed E-state index contributed by atoms with van der Waals surface area (Å²) < 4.78 is 5.83. The van der Waals surface area contributed by atoms with Crippen LogP contribution in [0.2, 0.25) is 0 Å². The monoisotopic (exact) mass is 275 g/mol. The van der Waals surface area contributed by atoms with Gasteiger partial charge in [0.25, 0.3) is 0 Å². The van der Waals surface area contributed by atoms with Crippen molar-refractivity contribution in [3.63, 3.8) is 0 Å². The molecule has 20 heavy (non-hydrogen) atoms. The molecule has 1 aliphatic heterocycles. The molecule has 1 heterocycles. The van der Waals surface area contributed by atoms with Crippen molar-refractivity contribution in [1.29, 1.82) is 0 Å². The van der Waals surface area contributed by atoms with Crippen molar-refractivity contribution in [2.24, 2.45) is 0 Å². The Balaban J connectivity index is 1.76. The second kappa shape index (κ2) is 5.38. The van der Waals surface area contributed by atoms with E-state index >= 15 is 0 Å². The molecule has 1 aromatic carbocycles. The highest BCUT2D eigenvalue weighted by atomic mass is 16.5. The number of ether oxygens (including phenoxy) is 1. The third kappa shape index (κ3) is 2.84. The number of aliphatic hydroxyl groups excluding tert-OH is 1. The molecule has 1 N–H and O–H groups in total. The smallest absolute Gasteiger partial charge is 0.120 e. The van der Waals surface area contributed by atoms with Crippen LogP contribution >= 0.6 is 0 Å². The molecule has 0 amide bonds. The molecule has 2 aliphatic rings. The van der Waals surface area contributed by atoms with Gasteiger partial charge in [0.1, 0.15) is 5.75 Å². The first-order valence-electron chi connectivity index (χ1n) is 7.77. The second-order valence-corrected chi connectivity index (χ2v) is 6.64. The first-order chi connectivity index (χ1) is 9.57. The Kier molecular flexibility index (Phi) is 3.74. The van der Waals surface area contributed by atoms with Gasteiger partial charge in [0, 0.05) is 5.54 Å². The fourth-order valence-corrected chi connectivity index (χ4v) is 3.01. The van der Waals surface area contributed by atoms with Crippen molar-refractivity contribution in [1.82, 2.24) is 4.90 Å². The lowest BCUT2D eigenvalue weighted by atomic mass is 9.89. The SMILES string of the molecule is CC(C)(C(O)c1cccc(OC2CC2)c1)N1CCCC1. The van der Waals surface area contributed by atoms with Crippen LogP contribution in [0, 0.1) is 0 Å². The number of aliphatic hydroxyl groups is 1. The Labute approximate surface area is 121 Å². The Morgan fingerprint density at radius 3 is 2.60 bits per heavy atom. The van der Waals surface area contributed by atoms with Gasteiger partial charge in [0.15, 0.2) is 0 Å². The van der Waals surface area contributed by atoms with E-state index in [2.05, 4.69) is 18.7 Å². The molecular weight excluding hydrogens is 250 g/mol. The van der Waals surface area contributed by atoms with Crippen molar-refractivity contribution in [3.8, 4) is 5.75 Å². The lowest BCUT2D eigenvalue weighted by molar-refractivity contribution is 0.00120. The van der Waals surface area contributed by atoms with E-state index in [1.54, 1.807) is 0 Å². The molecule has 1 unspecified atom stereocenters. The Morgan fingerprint density at radius 1 is 1.25 bits per heavy atom. The van der Waals surface area contributed by atoms with Crippen molar-refractivity contribution >= 4 is 0 Å². The molecule has 3 rings (SSSR count). The summed E-state index contributed by atoms with van der Waals surface area (Å²) >= 11 is 0. The highest BCUT2D eigenvalue weighted by molar-refractivity contribution is 5.32. The minimum Gasteiger partial charge on any atom is -0.490 e. The van der Waals surface area contributed by atoms with Crippen LogP contribution in [0.3, 0.4) is 0 Å². The van der Waals surface area contributed by atoms with Gasteiger partial charge in [-0.05, 0) is 70.3 Å². The summed E-state index contributed by atoms with van der Waals surface area (Å²) in [6, 6.07) is 7.97. The Hall–Kier alpha value is -1.06. The summed E-state index contributed by atoms with van der Waals surface area (Å²) in [5.41, 5.74) is 0.731. The van der Waals surface area contributed by atoms with Crippen LogP contribution in [0.4, 0.5) is 0 Å². The normalized spacial score (nSPS) is 21.9. The maximum absolute atomic E-state index is 10.8. The zero-order valence-corrected chi connectivity index (χ0v) is 12.5. The van der Waals surface area contributed by atoms with Crippen LogP contribution in [0.5, 0.6) is 5.75 Å². The summed E-state index contributed by atoms with van der Waals surface area (Å²) in [5.74, 6) is 0.890. The molecule has 110 valence electrons. The number of hydrogen-bond acceptors (Lipinski definition) is 3. The van der Waals surface area contributed by atoms with E-state index in [1.807, 2.05) is 24.3 Å². The number of hydrogen-bond donors (Lipinski definition) is 1. The highest BCUT2D eigenvalue weighted by Crippen LogP contribution is 2.35. The Morgan fingerprint density at radius 2 is 1.95 bits per heavy atom. The standard InChI is InChI=1S/C17H25NO2/c1-17(2,18-10-3-4-11-18)16(19)13-6-5-7-15(12-13)20-14-8-9-14/h5-7,12,14,16,19H,3-4,8-11H2,1-2H3. The van der Waals surface area contributed by atoms with Crippen molar-refractivity contribution in [2.75, 3.05) is 13.1 Å². The summed E-state index contributed by atoms with van der Waals surface area (Å²) in [6.45, 7) is 6.44. The number of rotatable bonds is 5. The third-order valence-electron chi connectivity index (χ3n) is 4.59. The quantitative estimate of drug-likeness (QED) is 0.896. The van der Waals surface area contributed by atoms with Gasteiger partial charge in [-0.25, -0.2) is 0 Å². The molecule has 0 radical (unpaired) electrons. The van der Waals surface area contributed by atoms with Gasteiger partial charge in [-0.1, -0.05) is 12.1 Å². The largest absolute Gasteiger partial charge is 0.490 e. The molecule has 1 atom stereocenters. The zero-order valence-electron chi connectivity index (χ0n) is 12.5. The summed E-state index contributed by atoms with van der Waals surface area (Å²) in [6.07, 6.45) is 4.71. The van der Waals surface area contributed by atoms with E-state index in [4.69, 9.17) is 4.74 Å². The molecule has 0 spiro atoms. The van der Waals surface area contributed by atoms with Crippen molar-refractivity contribution in [2.45, 2.75) is 57.3 Å². The fraction of sp³-hybridized carbons (Fsp3) is 0.647. The van der Waals surface area contributed by atoms with E-state index in [-0.39, 0.29) is 5.54 Å². The van der Waals surface area contributed by atoms with Crippen LogP contribution in [0.1, 0.15) is 51.2 Å². The van der Waals surface area contributed by atoms with Gasteiger partial charge < -0.3 is 9.84 Å². The average molecular weight is 275 g/mol. The molecule has 3 nitrogen and oxygen atoms in total. The van der Waals surface area contributed by atoms with E-state index in [0.29, 0.717) is 6.10 Å². The van der Waals surface area contributed by atoms with E-state index in [1.165, 1.54) is 12.8 Å². The molecule has 2 fully saturated rings. The average Bonchev–Trinajstić information content (AvgIpc) is 3.07. The maximum atomic E-state index is 10.8. The minimum atomic E-state index is -0.483. The first-order valence-corrected chi connectivity index (χ1v) is 7.77. The van der Waals surface area contributed by atoms with Gasteiger partial charge in [-0.15, -0.1) is 0 Å². The molecule has 1 aliphatic carbocycles. The maximum Gasteiger partial charge on any atom is 0.120 e. The van der Waals surface area contributed by atoms with Crippen LogP contribution in [0.15, 0.2) is 24.3 Å². The summed E-state index contributed by atoms with van der Waals surface area (Å²) in [4.78, 5) is 2.39. The van der Waals surface area contributed by atoms with Crippen molar-refractivity contribution in [3.05, 3.63) is 29.8 Å². The lowest BCUT2D eigenvalue weighted by Crippen LogP contribution is -2.46. The lowest BCUT2D eigenvalue weighted by Gasteiger charge is -2.39. The summed E-state index contributed by atoms with van der Waals surface area (Å²) in [7, 11) is 0. The second-order valence-electron chi connectivity index (χ2n) is 6.64. The number of benzene rings is 1. The molecule has 1 saturated carbocycles. The van der Waals surface area contributed by atoms with Gasteiger partial charge in [0.2, 0.25) is 0 Å². The molecule has 1 saturated heterocycles. The van der Waals surface area contributed by atoms with Crippen LogP contribution in [-0.2, 0) is 0 Å². The predicted octanol–water partition coefficient (Wildman–Crippen LogP) is 3.14. The topological polar surface area (TPSA) is 32.7 Å². The molecule has 3 heteroatoms. The molecule has 0 aromatic heterocycles. The van der Waals surface area contributed by atoms with Gasteiger partial charge in [-0.3, -0.25) is 4.90 Å². The van der Waals surface area contributed by atoms with Gasteiger partial charge >= 0.3 is 0 Å². The summed E-state index contributed by atoms with van der Waals surface area (Å²) in [5, 5.41) is 10.8. The number of nitrogens with zero attached hydrogens (tertiary/aromatic N) is 1. The van der Waals surface area contributed by atoms with E-state index < -0.39 is 6.10 Å². The molecule has 0 bridgehead atoms.